The number of hydrogen-bond donors (Lipinski definition) is 3. The number of hydrogen-bond acceptors (Lipinski definition) is 5. The maximum atomic E-state index is 12.5. The summed E-state index contributed by atoms with van der Waals surface area (Å²) in [6.07, 6.45) is 8.32. The predicted molar refractivity (Wildman–Crippen MR) is 106 cm³/mol. The van der Waals surface area contributed by atoms with E-state index in [1.807, 2.05) is 0 Å². The second-order valence-electron chi connectivity index (χ2n) is 6.20. The number of non-ortho nitro benzene ring substituents is 1. The number of carbonyl (C=O) groups excluding carboxylic acids is 2. The van der Waals surface area contributed by atoms with E-state index in [4.69, 9.17) is 12.2 Å². The van der Waals surface area contributed by atoms with Crippen LogP contribution in [0.4, 0.5) is 11.4 Å². The number of thiocarbonyl (C=S) groups is 1. The first kappa shape index (κ1) is 20.0. The first-order valence-corrected chi connectivity index (χ1v) is 9.00. The SMILES string of the molecule is O=C(NNC(=S)Nc1ccc([N+](=O)[O-])cc1)[C@@H]1CCCN1C(=O)[C]1[CH][CH][CH][CH]1. The number of carbonyl (C=O) groups is 2. The molecule has 1 aliphatic heterocycles. The van der Waals surface area contributed by atoms with Crippen molar-refractivity contribution in [3.63, 3.8) is 0 Å². The van der Waals surface area contributed by atoms with Gasteiger partial charge in [0.25, 0.3) is 11.6 Å². The number of amides is 2. The summed E-state index contributed by atoms with van der Waals surface area (Å²) in [7, 11) is 0. The molecule has 1 aromatic rings. The number of likely N-dealkylation sites (tertiary alicyclic amines) is 1. The van der Waals surface area contributed by atoms with Gasteiger partial charge in [-0.1, -0.05) is 0 Å². The molecule has 0 aromatic heterocycles. The zero-order valence-electron chi connectivity index (χ0n) is 14.8. The highest BCUT2D eigenvalue weighted by Crippen LogP contribution is 2.28. The molecule has 3 rings (SSSR count). The lowest BCUT2D eigenvalue weighted by molar-refractivity contribution is -0.384. The van der Waals surface area contributed by atoms with E-state index < -0.39 is 11.0 Å². The second kappa shape index (κ2) is 8.96. The van der Waals surface area contributed by atoms with Gasteiger partial charge in [0.1, 0.15) is 6.04 Å². The molecule has 1 atom stereocenters. The number of nitrogens with zero attached hydrogens (tertiary/aromatic N) is 2. The van der Waals surface area contributed by atoms with Crippen LogP contribution in [-0.4, -0.2) is 39.3 Å². The van der Waals surface area contributed by atoms with Crippen LogP contribution in [0, 0.1) is 41.7 Å². The highest BCUT2D eigenvalue weighted by Gasteiger charge is 2.38. The average Bonchev–Trinajstić information content (AvgIpc) is 3.38. The van der Waals surface area contributed by atoms with E-state index in [2.05, 4.69) is 16.2 Å². The van der Waals surface area contributed by atoms with Gasteiger partial charge in [-0.25, -0.2) is 0 Å². The van der Waals surface area contributed by atoms with Gasteiger partial charge in [0.15, 0.2) is 5.11 Å². The van der Waals surface area contributed by atoms with E-state index in [0.717, 1.165) is 6.42 Å². The summed E-state index contributed by atoms with van der Waals surface area (Å²) in [6, 6.07) is 5.12. The Kier molecular flexibility index (Phi) is 6.40. The van der Waals surface area contributed by atoms with Crippen LogP contribution in [0.25, 0.3) is 0 Å². The van der Waals surface area contributed by atoms with Gasteiger partial charge >= 0.3 is 0 Å². The molecule has 0 spiro atoms. The van der Waals surface area contributed by atoms with Crippen LogP contribution < -0.4 is 16.2 Å². The molecule has 0 bridgehead atoms. The topological polar surface area (TPSA) is 117 Å². The van der Waals surface area contributed by atoms with Crippen LogP contribution in [0.1, 0.15) is 12.8 Å². The van der Waals surface area contributed by atoms with E-state index in [1.54, 1.807) is 30.6 Å². The average molecular weight is 400 g/mol. The molecular formula is C18H18N5O4S. The van der Waals surface area contributed by atoms with Crippen molar-refractivity contribution in [1.29, 1.82) is 0 Å². The van der Waals surface area contributed by atoms with Crippen molar-refractivity contribution in [3.05, 3.63) is 66.0 Å². The molecule has 5 radical (unpaired) electrons. The van der Waals surface area contributed by atoms with Crippen molar-refractivity contribution < 1.29 is 14.5 Å². The molecule has 28 heavy (non-hydrogen) atoms. The number of nitro benzene ring substituents is 1. The minimum Gasteiger partial charge on any atom is -0.331 e. The van der Waals surface area contributed by atoms with Crippen LogP contribution in [0.2, 0.25) is 0 Å². The third-order valence-corrected chi connectivity index (χ3v) is 4.57. The summed E-state index contributed by atoms with van der Waals surface area (Å²) in [5.41, 5.74) is 5.60. The Bertz CT molecular complexity index is 764. The normalized spacial score (nSPS) is 19.3. The molecule has 9 nitrogen and oxygen atoms in total. The number of benzene rings is 1. The van der Waals surface area contributed by atoms with Crippen molar-refractivity contribution >= 4 is 40.5 Å². The molecule has 2 fully saturated rings. The molecule has 145 valence electrons. The zero-order valence-corrected chi connectivity index (χ0v) is 15.6. The highest BCUT2D eigenvalue weighted by atomic mass is 32.1. The van der Waals surface area contributed by atoms with Crippen molar-refractivity contribution in [1.82, 2.24) is 15.8 Å². The van der Waals surface area contributed by atoms with E-state index in [1.165, 1.54) is 24.3 Å². The van der Waals surface area contributed by atoms with Gasteiger partial charge in [-0.15, -0.1) is 0 Å². The molecule has 2 amide bonds. The Morgan fingerprint density at radius 2 is 1.82 bits per heavy atom. The standard InChI is InChI=1S/C18H18N5O4S/c24-16(15-6-3-11-22(15)17(25)12-4-1-2-5-12)20-21-18(28)19-13-7-9-14(10-8-13)23(26)27/h1-2,4-5,7-10,15H,3,6,11H2,(H,20,24)(H2,19,21,28)/t15-/m0/s1. The van der Waals surface area contributed by atoms with Gasteiger partial charge in [-0.2, -0.15) is 0 Å². The third kappa shape index (κ3) is 4.75. The molecule has 1 saturated heterocycles. The molecular weight excluding hydrogens is 382 g/mol. The Morgan fingerprint density at radius 1 is 1.14 bits per heavy atom. The molecule has 0 unspecified atom stereocenters. The lowest BCUT2D eigenvalue weighted by Gasteiger charge is -2.26. The second-order valence-corrected chi connectivity index (χ2v) is 6.61. The number of nitrogens with one attached hydrogen (secondary N) is 3. The maximum Gasteiger partial charge on any atom is 0.269 e. The first-order valence-electron chi connectivity index (χ1n) is 8.59. The molecule has 1 aliphatic carbocycles. The lowest BCUT2D eigenvalue weighted by Crippen LogP contribution is -2.53. The van der Waals surface area contributed by atoms with E-state index in [9.17, 15) is 19.7 Å². The van der Waals surface area contributed by atoms with Crippen LogP contribution in [0.5, 0.6) is 0 Å². The van der Waals surface area contributed by atoms with E-state index >= 15 is 0 Å². The lowest BCUT2D eigenvalue weighted by atomic mass is 10.1. The highest BCUT2D eigenvalue weighted by molar-refractivity contribution is 7.80. The Morgan fingerprint density at radius 3 is 2.46 bits per heavy atom. The number of rotatable bonds is 4. The minimum atomic E-state index is -0.572. The number of anilines is 1. The summed E-state index contributed by atoms with van der Waals surface area (Å²) < 4.78 is 0. The molecule has 10 heteroatoms. The van der Waals surface area contributed by atoms with Crippen molar-refractivity contribution in [2.75, 3.05) is 11.9 Å². The fraction of sp³-hybridized carbons (Fsp3) is 0.222. The smallest absolute Gasteiger partial charge is 0.269 e. The van der Waals surface area contributed by atoms with Gasteiger partial charge in [0, 0.05) is 24.4 Å². The van der Waals surface area contributed by atoms with Crippen LogP contribution >= 0.6 is 12.2 Å². The van der Waals surface area contributed by atoms with Gasteiger partial charge in [-0.05, 0) is 62.9 Å². The van der Waals surface area contributed by atoms with Crippen LogP contribution in [0.3, 0.4) is 0 Å². The summed E-state index contributed by atoms with van der Waals surface area (Å²) >= 11 is 5.11. The van der Waals surface area contributed by atoms with Crippen molar-refractivity contribution in [2.24, 2.45) is 0 Å². The third-order valence-electron chi connectivity index (χ3n) is 4.36. The van der Waals surface area contributed by atoms with Crippen LogP contribution in [-0.2, 0) is 9.59 Å². The maximum absolute atomic E-state index is 12.5. The molecule has 2 aliphatic rings. The Hall–Kier alpha value is -2.75. The quantitative estimate of drug-likeness (QED) is 0.396. The van der Waals surface area contributed by atoms with E-state index in [0.29, 0.717) is 24.6 Å². The summed E-state index contributed by atoms with van der Waals surface area (Å²) in [4.78, 5) is 36.7. The van der Waals surface area contributed by atoms with Crippen molar-refractivity contribution in [3.8, 4) is 0 Å². The molecule has 1 saturated carbocycles. The van der Waals surface area contributed by atoms with E-state index in [-0.39, 0.29) is 22.6 Å². The Labute approximate surface area is 168 Å². The van der Waals surface area contributed by atoms with Gasteiger partial charge < -0.3 is 10.2 Å². The molecule has 1 heterocycles. The Balaban J connectivity index is 1.49. The summed E-state index contributed by atoms with van der Waals surface area (Å²) in [5, 5.41) is 13.6. The minimum absolute atomic E-state index is 0.0338. The fourth-order valence-electron chi connectivity index (χ4n) is 3.00. The summed E-state index contributed by atoms with van der Waals surface area (Å²) in [6.45, 7) is 0.521. The van der Waals surface area contributed by atoms with Gasteiger partial charge in [-0.3, -0.25) is 30.6 Å². The predicted octanol–water partition coefficient (Wildman–Crippen LogP) is 1.31. The zero-order chi connectivity index (χ0) is 20.1. The first-order chi connectivity index (χ1) is 13.5. The monoisotopic (exact) mass is 400 g/mol. The van der Waals surface area contributed by atoms with Crippen LogP contribution in [0.15, 0.2) is 24.3 Å². The largest absolute Gasteiger partial charge is 0.331 e. The number of hydrazine groups is 1. The van der Waals surface area contributed by atoms with Crippen molar-refractivity contribution in [2.45, 2.75) is 18.9 Å². The van der Waals surface area contributed by atoms with Gasteiger partial charge in [0.2, 0.25) is 5.91 Å². The summed E-state index contributed by atoms with van der Waals surface area (Å²) in [5.74, 6) is 0.0301. The fourth-order valence-corrected chi connectivity index (χ4v) is 3.16. The number of nitro groups is 1. The molecule has 3 N–H and O–H groups in total. The van der Waals surface area contributed by atoms with Gasteiger partial charge in [0.05, 0.1) is 10.8 Å². The molecule has 1 aromatic carbocycles.